The number of aromatic nitrogens is 1. The number of hydrogen-bond acceptors (Lipinski definition) is 5. The number of methoxy groups -OCH3 is 1. The largest absolute Gasteiger partial charge is 0.383 e. The monoisotopic (exact) mass is 481 g/mol. The van der Waals surface area contributed by atoms with Gasteiger partial charge in [0.1, 0.15) is 0 Å². The van der Waals surface area contributed by atoms with Crippen molar-refractivity contribution in [2.75, 3.05) is 46.9 Å². The fourth-order valence-corrected chi connectivity index (χ4v) is 3.53. The lowest BCUT2D eigenvalue weighted by Gasteiger charge is -2.22. The molecule has 1 fully saturated rings. The van der Waals surface area contributed by atoms with Gasteiger partial charge in [-0.3, -0.25) is 9.89 Å². The average Bonchev–Trinajstić information content (AvgIpc) is 3.35. The van der Waals surface area contributed by atoms with E-state index in [9.17, 15) is 0 Å². The normalized spacial score (nSPS) is 14.5. The van der Waals surface area contributed by atoms with E-state index in [1.807, 2.05) is 7.05 Å². The Bertz CT molecular complexity index is 514. The summed E-state index contributed by atoms with van der Waals surface area (Å²) in [5.74, 6) is 0.863. The van der Waals surface area contributed by atoms with Crippen molar-refractivity contribution < 1.29 is 4.74 Å². The molecule has 0 unspecified atom stereocenters. The van der Waals surface area contributed by atoms with Crippen molar-refractivity contribution in [1.29, 1.82) is 0 Å². The van der Waals surface area contributed by atoms with Crippen molar-refractivity contribution in [2.24, 2.45) is 4.99 Å². The van der Waals surface area contributed by atoms with Gasteiger partial charge in [0.2, 0.25) is 0 Å². The smallest absolute Gasteiger partial charge is 0.191 e. The molecular weight excluding hydrogens is 449 g/mol. The standard InChI is InChI=1S/C17H31N5OS.HI/c1-13-14(2)24-16(21-13)7-8-19-17(18-3)20-9-10-22(11-12-23-4)15-5-6-15;/h15H,5-12H2,1-4H3,(H2,18,19,20);1H. The summed E-state index contributed by atoms with van der Waals surface area (Å²) >= 11 is 1.78. The van der Waals surface area contributed by atoms with Crippen LogP contribution >= 0.6 is 35.3 Å². The summed E-state index contributed by atoms with van der Waals surface area (Å²) in [6.07, 6.45) is 3.58. The number of hydrogen-bond donors (Lipinski definition) is 2. The quantitative estimate of drug-likeness (QED) is 0.305. The minimum atomic E-state index is 0. The molecule has 2 N–H and O–H groups in total. The Balaban J connectivity index is 0.00000312. The molecular formula is C17H32IN5OS. The molecule has 0 aliphatic heterocycles. The van der Waals surface area contributed by atoms with Gasteiger partial charge in [0, 0.05) is 57.7 Å². The summed E-state index contributed by atoms with van der Waals surface area (Å²) in [5, 5.41) is 7.96. The lowest BCUT2D eigenvalue weighted by molar-refractivity contribution is 0.144. The summed E-state index contributed by atoms with van der Waals surface area (Å²) in [5.41, 5.74) is 1.15. The van der Waals surface area contributed by atoms with E-state index < -0.39 is 0 Å². The summed E-state index contributed by atoms with van der Waals surface area (Å²) in [6.45, 7) is 8.78. The van der Waals surface area contributed by atoms with E-state index in [0.717, 1.165) is 56.9 Å². The first kappa shape index (κ1) is 22.6. The molecule has 0 spiro atoms. The lowest BCUT2D eigenvalue weighted by atomic mass is 10.4. The molecule has 1 aliphatic carbocycles. The number of halogens is 1. The van der Waals surface area contributed by atoms with Crippen LogP contribution in [0, 0.1) is 13.8 Å². The third kappa shape index (κ3) is 8.19. The molecule has 1 heterocycles. The van der Waals surface area contributed by atoms with Gasteiger partial charge in [0.05, 0.1) is 17.3 Å². The van der Waals surface area contributed by atoms with Crippen molar-refractivity contribution in [1.82, 2.24) is 20.5 Å². The van der Waals surface area contributed by atoms with Crippen LogP contribution in [0.25, 0.3) is 0 Å². The maximum Gasteiger partial charge on any atom is 0.191 e. The van der Waals surface area contributed by atoms with Crippen LogP contribution in [0.4, 0.5) is 0 Å². The van der Waals surface area contributed by atoms with E-state index in [2.05, 4.69) is 39.4 Å². The minimum Gasteiger partial charge on any atom is -0.383 e. The van der Waals surface area contributed by atoms with Crippen LogP contribution in [-0.2, 0) is 11.2 Å². The molecule has 0 atom stereocenters. The SMILES string of the molecule is CN=C(NCCc1nc(C)c(C)s1)NCCN(CCOC)C1CC1.I. The topological polar surface area (TPSA) is 61.8 Å². The Morgan fingerprint density at radius 3 is 2.56 bits per heavy atom. The van der Waals surface area contributed by atoms with Gasteiger partial charge in [-0.05, 0) is 26.7 Å². The van der Waals surface area contributed by atoms with Crippen LogP contribution in [-0.4, -0.2) is 68.8 Å². The van der Waals surface area contributed by atoms with Gasteiger partial charge in [-0.2, -0.15) is 0 Å². The van der Waals surface area contributed by atoms with Crippen molar-refractivity contribution in [3.05, 3.63) is 15.6 Å². The summed E-state index contributed by atoms with van der Waals surface area (Å²) < 4.78 is 5.20. The van der Waals surface area contributed by atoms with E-state index >= 15 is 0 Å². The number of thiazole rings is 1. The van der Waals surface area contributed by atoms with E-state index in [1.165, 1.54) is 22.7 Å². The molecule has 25 heavy (non-hydrogen) atoms. The van der Waals surface area contributed by atoms with Crippen LogP contribution < -0.4 is 10.6 Å². The number of guanidine groups is 1. The van der Waals surface area contributed by atoms with Crippen LogP contribution in [0.1, 0.15) is 28.4 Å². The van der Waals surface area contributed by atoms with Gasteiger partial charge in [-0.25, -0.2) is 4.98 Å². The summed E-state index contributed by atoms with van der Waals surface area (Å²) in [7, 11) is 3.58. The third-order valence-corrected chi connectivity index (χ3v) is 5.40. The van der Waals surface area contributed by atoms with Crippen LogP contribution in [0.5, 0.6) is 0 Å². The average molecular weight is 481 g/mol. The third-order valence-electron chi connectivity index (χ3n) is 4.27. The van der Waals surface area contributed by atoms with E-state index in [1.54, 1.807) is 18.4 Å². The fourth-order valence-electron chi connectivity index (χ4n) is 2.60. The second-order valence-corrected chi connectivity index (χ2v) is 7.47. The highest BCUT2D eigenvalue weighted by Crippen LogP contribution is 2.25. The predicted molar refractivity (Wildman–Crippen MR) is 117 cm³/mol. The molecule has 1 saturated carbocycles. The number of aryl methyl sites for hydroxylation is 2. The number of rotatable bonds is 10. The van der Waals surface area contributed by atoms with Gasteiger partial charge in [0.15, 0.2) is 5.96 Å². The van der Waals surface area contributed by atoms with Gasteiger partial charge in [-0.1, -0.05) is 0 Å². The van der Waals surface area contributed by atoms with Crippen molar-refractivity contribution in [2.45, 2.75) is 39.2 Å². The maximum atomic E-state index is 5.20. The summed E-state index contributed by atoms with van der Waals surface area (Å²) in [4.78, 5) is 12.7. The zero-order chi connectivity index (χ0) is 17.4. The zero-order valence-corrected chi connectivity index (χ0v) is 18.9. The maximum absolute atomic E-state index is 5.20. The fraction of sp³-hybridized carbons (Fsp3) is 0.765. The van der Waals surface area contributed by atoms with Crippen molar-refractivity contribution in [3.63, 3.8) is 0 Å². The Morgan fingerprint density at radius 1 is 1.28 bits per heavy atom. The minimum absolute atomic E-state index is 0. The Morgan fingerprint density at radius 2 is 2.00 bits per heavy atom. The Labute approximate surface area is 172 Å². The second kappa shape index (κ2) is 12.0. The first-order valence-corrected chi connectivity index (χ1v) is 9.56. The first-order chi connectivity index (χ1) is 11.6. The predicted octanol–water partition coefficient (Wildman–Crippen LogP) is 2.20. The molecule has 6 nitrogen and oxygen atoms in total. The highest BCUT2D eigenvalue weighted by Gasteiger charge is 2.28. The van der Waals surface area contributed by atoms with E-state index in [4.69, 9.17) is 4.74 Å². The second-order valence-electron chi connectivity index (χ2n) is 6.18. The van der Waals surface area contributed by atoms with Gasteiger partial charge < -0.3 is 15.4 Å². The number of nitrogens with one attached hydrogen (secondary N) is 2. The lowest BCUT2D eigenvalue weighted by Crippen LogP contribution is -2.43. The van der Waals surface area contributed by atoms with E-state index in [-0.39, 0.29) is 24.0 Å². The molecule has 0 bridgehead atoms. The van der Waals surface area contributed by atoms with E-state index in [0.29, 0.717) is 0 Å². The zero-order valence-electron chi connectivity index (χ0n) is 15.8. The highest BCUT2D eigenvalue weighted by atomic mass is 127. The van der Waals surface area contributed by atoms with Crippen molar-refractivity contribution >= 4 is 41.3 Å². The Kier molecular flexibility index (Phi) is 10.9. The number of nitrogens with zero attached hydrogens (tertiary/aromatic N) is 3. The Hall–Kier alpha value is -0.450. The molecule has 144 valence electrons. The molecule has 0 radical (unpaired) electrons. The van der Waals surface area contributed by atoms with Crippen molar-refractivity contribution in [3.8, 4) is 0 Å². The molecule has 2 rings (SSSR count). The first-order valence-electron chi connectivity index (χ1n) is 8.74. The van der Waals surface area contributed by atoms with Crippen LogP contribution in [0.3, 0.4) is 0 Å². The van der Waals surface area contributed by atoms with Crippen LogP contribution in [0.2, 0.25) is 0 Å². The summed E-state index contributed by atoms with van der Waals surface area (Å²) in [6, 6.07) is 0.758. The molecule has 1 aliphatic rings. The highest BCUT2D eigenvalue weighted by molar-refractivity contribution is 14.0. The molecule has 0 saturated heterocycles. The van der Waals surface area contributed by atoms with Crippen LogP contribution in [0.15, 0.2) is 4.99 Å². The molecule has 1 aromatic heterocycles. The van der Waals surface area contributed by atoms with Gasteiger partial charge in [0.25, 0.3) is 0 Å². The van der Waals surface area contributed by atoms with Gasteiger partial charge >= 0.3 is 0 Å². The molecule has 8 heteroatoms. The molecule has 1 aromatic rings. The van der Waals surface area contributed by atoms with Gasteiger partial charge in [-0.15, -0.1) is 35.3 Å². The number of aliphatic imine (C=N–C) groups is 1. The molecule has 0 amide bonds. The number of ether oxygens (including phenoxy) is 1. The molecule has 0 aromatic carbocycles.